The van der Waals surface area contributed by atoms with Gasteiger partial charge in [0.25, 0.3) is 11.6 Å². The van der Waals surface area contributed by atoms with Crippen LogP contribution in [0.15, 0.2) is 46.9 Å². The Labute approximate surface area is 154 Å². The van der Waals surface area contributed by atoms with E-state index < -0.39 is 27.4 Å². The fraction of sp³-hybridized carbons (Fsp3) is 0.200. The number of rotatable bonds is 7. The van der Waals surface area contributed by atoms with Crippen LogP contribution < -0.4 is 9.73 Å². The Kier molecular flexibility index (Phi) is 6.05. The predicted octanol–water partition coefficient (Wildman–Crippen LogP) is 1.96. The lowest BCUT2D eigenvalue weighted by Gasteiger charge is -2.21. The van der Waals surface area contributed by atoms with Gasteiger partial charge in [0.15, 0.2) is 0 Å². The number of nitrogens with zero attached hydrogens (tertiary/aromatic N) is 3. The summed E-state index contributed by atoms with van der Waals surface area (Å²) in [6, 6.07) is 8.73. The molecule has 2 rings (SSSR count). The van der Waals surface area contributed by atoms with Crippen LogP contribution in [0.5, 0.6) is 0 Å². The highest BCUT2D eigenvalue weighted by molar-refractivity contribution is 7.92. The highest BCUT2D eigenvalue weighted by atomic mass is 32.2. The molecule has 0 bridgehead atoms. The first-order valence-corrected chi connectivity index (χ1v) is 10.0. The molecule has 1 aromatic heterocycles. The number of nitro benzene ring substituents is 1. The number of hydrogen-bond donors (Lipinski definition) is 1. The number of carbonyl (C=O) groups excluding carboxylic acids is 1. The highest BCUT2D eigenvalue weighted by Crippen LogP contribution is 2.22. The Morgan fingerprint density at radius 1 is 1.35 bits per heavy atom. The molecular formula is C15H16N4O5S2. The van der Waals surface area contributed by atoms with E-state index in [1.165, 1.54) is 29.5 Å². The van der Waals surface area contributed by atoms with Crippen LogP contribution in [-0.4, -0.2) is 37.8 Å². The number of amides is 1. The van der Waals surface area contributed by atoms with Gasteiger partial charge in [-0.3, -0.25) is 19.2 Å². The number of non-ortho nitro benzene ring substituents is 1. The lowest BCUT2D eigenvalue weighted by molar-refractivity contribution is -0.384. The fourth-order valence-electron chi connectivity index (χ4n) is 2.01. The molecule has 0 aliphatic heterocycles. The summed E-state index contributed by atoms with van der Waals surface area (Å²) in [6.45, 7) is 1.15. The number of benzene rings is 1. The highest BCUT2D eigenvalue weighted by Gasteiger charge is 2.22. The third-order valence-electron chi connectivity index (χ3n) is 3.24. The van der Waals surface area contributed by atoms with Gasteiger partial charge in [0.1, 0.15) is 6.54 Å². The molecule has 2 aromatic rings. The molecule has 9 nitrogen and oxygen atoms in total. The Morgan fingerprint density at radius 3 is 2.65 bits per heavy atom. The summed E-state index contributed by atoms with van der Waals surface area (Å²) in [4.78, 5) is 23.2. The first kappa shape index (κ1) is 19.5. The maximum absolute atomic E-state index is 12.1. The van der Waals surface area contributed by atoms with Crippen LogP contribution in [0.4, 0.5) is 11.4 Å². The van der Waals surface area contributed by atoms with Gasteiger partial charge in [0, 0.05) is 17.0 Å². The molecule has 1 heterocycles. The molecule has 1 amide bonds. The van der Waals surface area contributed by atoms with E-state index in [0.29, 0.717) is 5.71 Å². The molecule has 1 N–H and O–H groups in total. The minimum Gasteiger partial charge on any atom is -0.271 e. The number of hydrogen-bond acceptors (Lipinski definition) is 7. The number of carbonyl (C=O) groups is 1. The minimum absolute atomic E-state index is 0.0239. The Balaban J connectivity index is 2.18. The third kappa shape index (κ3) is 5.10. The van der Waals surface area contributed by atoms with E-state index >= 15 is 0 Å². The van der Waals surface area contributed by atoms with Crippen LogP contribution in [0.25, 0.3) is 0 Å². The summed E-state index contributed by atoms with van der Waals surface area (Å²) in [7, 11) is -3.83. The van der Waals surface area contributed by atoms with Crippen molar-refractivity contribution >= 4 is 44.4 Å². The summed E-state index contributed by atoms with van der Waals surface area (Å²) in [6.07, 6.45) is 0.916. The zero-order chi connectivity index (χ0) is 19.3. The molecule has 0 saturated heterocycles. The quantitative estimate of drug-likeness (QED) is 0.435. The van der Waals surface area contributed by atoms with Crippen molar-refractivity contribution in [1.82, 2.24) is 5.43 Å². The van der Waals surface area contributed by atoms with Gasteiger partial charge in [-0.05, 0) is 24.4 Å². The van der Waals surface area contributed by atoms with Crippen LogP contribution >= 0.6 is 11.3 Å². The van der Waals surface area contributed by atoms with Gasteiger partial charge in [-0.15, -0.1) is 11.3 Å². The van der Waals surface area contributed by atoms with Gasteiger partial charge in [-0.2, -0.15) is 5.10 Å². The molecular weight excluding hydrogens is 380 g/mol. The normalized spacial score (nSPS) is 11.8. The smallest absolute Gasteiger partial charge is 0.271 e. The van der Waals surface area contributed by atoms with Crippen molar-refractivity contribution in [3.8, 4) is 0 Å². The van der Waals surface area contributed by atoms with Crippen molar-refractivity contribution in [1.29, 1.82) is 0 Å². The standard InChI is InChI=1S/C15H16N4O5S2/c1-11(14-7-4-8-25-14)16-17-15(20)10-18(26(2,23)24)12-5-3-6-13(9-12)19(21)22/h3-9H,10H2,1-2H3,(H,17,20)/b16-11-. The summed E-state index contributed by atoms with van der Waals surface area (Å²) < 4.78 is 24.8. The molecule has 0 spiro atoms. The molecule has 0 radical (unpaired) electrons. The maximum Gasteiger partial charge on any atom is 0.271 e. The summed E-state index contributed by atoms with van der Waals surface area (Å²) in [5.74, 6) is -0.669. The van der Waals surface area contributed by atoms with Gasteiger partial charge in [-0.1, -0.05) is 12.1 Å². The van der Waals surface area contributed by atoms with E-state index in [-0.39, 0.29) is 11.4 Å². The third-order valence-corrected chi connectivity index (χ3v) is 5.36. The second-order valence-electron chi connectivity index (χ2n) is 5.26. The van der Waals surface area contributed by atoms with E-state index in [4.69, 9.17) is 0 Å². The molecule has 0 saturated carbocycles. The lowest BCUT2D eigenvalue weighted by atomic mass is 10.3. The number of nitrogens with one attached hydrogen (secondary N) is 1. The van der Waals surface area contributed by atoms with Gasteiger partial charge in [-0.25, -0.2) is 13.8 Å². The number of nitro groups is 1. The molecule has 0 aliphatic rings. The first-order valence-electron chi connectivity index (χ1n) is 7.27. The van der Waals surface area contributed by atoms with Gasteiger partial charge in [0.05, 0.1) is 22.6 Å². The molecule has 0 aliphatic carbocycles. The second kappa shape index (κ2) is 8.06. The van der Waals surface area contributed by atoms with E-state index in [0.717, 1.165) is 21.5 Å². The summed E-state index contributed by atoms with van der Waals surface area (Å²) in [5, 5.41) is 16.7. The summed E-state index contributed by atoms with van der Waals surface area (Å²) in [5.41, 5.74) is 2.62. The van der Waals surface area contributed by atoms with Crippen molar-refractivity contribution < 1.29 is 18.1 Å². The fourth-order valence-corrected chi connectivity index (χ4v) is 3.54. The van der Waals surface area contributed by atoms with Crippen LogP contribution in [0, 0.1) is 10.1 Å². The Bertz CT molecular complexity index is 939. The largest absolute Gasteiger partial charge is 0.271 e. The molecule has 0 atom stereocenters. The molecule has 11 heteroatoms. The van der Waals surface area contributed by atoms with E-state index in [9.17, 15) is 23.3 Å². The number of hydrazone groups is 1. The first-order chi connectivity index (χ1) is 12.2. The predicted molar refractivity (Wildman–Crippen MR) is 100.0 cm³/mol. The summed E-state index contributed by atoms with van der Waals surface area (Å²) >= 11 is 1.45. The maximum atomic E-state index is 12.1. The second-order valence-corrected chi connectivity index (χ2v) is 8.11. The van der Waals surface area contributed by atoms with Crippen molar-refractivity contribution in [2.75, 3.05) is 17.1 Å². The van der Waals surface area contributed by atoms with Gasteiger partial charge in [0.2, 0.25) is 10.0 Å². The Morgan fingerprint density at radius 2 is 2.08 bits per heavy atom. The van der Waals surface area contributed by atoms with Crippen LogP contribution in [0.2, 0.25) is 0 Å². The SMILES string of the molecule is C/C(=N/NC(=O)CN(c1cccc([N+](=O)[O-])c1)S(C)(=O)=O)c1cccs1. The van der Waals surface area contributed by atoms with E-state index in [1.54, 1.807) is 6.92 Å². The Hall–Kier alpha value is -2.79. The van der Waals surface area contributed by atoms with Crippen LogP contribution in [-0.2, 0) is 14.8 Å². The molecule has 1 aromatic carbocycles. The van der Waals surface area contributed by atoms with E-state index in [1.807, 2.05) is 17.5 Å². The average Bonchev–Trinajstić information content (AvgIpc) is 3.11. The van der Waals surface area contributed by atoms with Gasteiger partial charge < -0.3 is 0 Å². The monoisotopic (exact) mass is 396 g/mol. The zero-order valence-corrected chi connectivity index (χ0v) is 15.6. The lowest BCUT2D eigenvalue weighted by Crippen LogP contribution is -2.39. The zero-order valence-electron chi connectivity index (χ0n) is 13.9. The molecule has 26 heavy (non-hydrogen) atoms. The molecule has 0 fully saturated rings. The van der Waals surface area contributed by atoms with Crippen molar-refractivity contribution in [2.24, 2.45) is 5.10 Å². The van der Waals surface area contributed by atoms with Crippen molar-refractivity contribution in [3.63, 3.8) is 0 Å². The van der Waals surface area contributed by atoms with Gasteiger partial charge >= 0.3 is 0 Å². The minimum atomic E-state index is -3.83. The topological polar surface area (TPSA) is 122 Å². The van der Waals surface area contributed by atoms with Crippen LogP contribution in [0.1, 0.15) is 11.8 Å². The number of sulfonamides is 1. The van der Waals surface area contributed by atoms with Crippen molar-refractivity contribution in [3.05, 3.63) is 56.8 Å². The van der Waals surface area contributed by atoms with Crippen molar-refractivity contribution in [2.45, 2.75) is 6.92 Å². The average molecular weight is 396 g/mol. The number of thiophene rings is 1. The molecule has 0 unspecified atom stereocenters. The molecule has 138 valence electrons. The number of anilines is 1. The van der Waals surface area contributed by atoms with Crippen LogP contribution in [0.3, 0.4) is 0 Å². The van der Waals surface area contributed by atoms with E-state index in [2.05, 4.69) is 10.5 Å².